The van der Waals surface area contributed by atoms with Gasteiger partial charge in [-0.15, -0.1) is 0 Å². The Bertz CT molecular complexity index is 762. The Labute approximate surface area is 133 Å². The molecule has 2 amide bonds. The van der Waals surface area contributed by atoms with Crippen LogP contribution in [0.2, 0.25) is 0 Å². The summed E-state index contributed by atoms with van der Waals surface area (Å²) in [6.07, 6.45) is 0.577. The zero-order valence-corrected chi connectivity index (χ0v) is 12.7. The molecule has 1 aliphatic heterocycles. The van der Waals surface area contributed by atoms with Gasteiger partial charge in [0.25, 0.3) is 11.8 Å². The third-order valence-corrected chi connectivity index (χ3v) is 4.40. The smallest absolute Gasteiger partial charge is 0.261 e. The van der Waals surface area contributed by atoms with Crippen molar-refractivity contribution >= 4 is 22.6 Å². The van der Waals surface area contributed by atoms with Crippen LogP contribution in [0.4, 0.5) is 0 Å². The van der Waals surface area contributed by atoms with Gasteiger partial charge in [-0.2, -0.15) is 0 Å². The molecule has 0 aromatic heterocycles. The number of phenols is 1. The van der Waals surface area contributed by atoms with Gasteiger partial charge in [0.1, 0.15) is 5.75 Å². The number of nitrogens with zero attached hydrogens (tertiary/aromatic N) is 1. The lowest BCUT2D eigenvalue weighted by Crippen LogP contribution is -2.42. The van der Waals surface area contributed by atoms with Gasteiger partial charge in [0.2, 0.25) is 0 Å². The van der Waals surface area contributed by atoms with Crippen LogP contribution in [0.15, 0.2) is 30.3 Å². The van der Waals surface area contributed by atoms with Crippen molar-refractivity contribution in [1.82, 2.24) is 4.90 Å². The van der Waals surface area contributed by atoms with E-state index in [2.05, 4.69) is 0 Å². The second-order valence-electron chi connectivity index (χ2n) is 5.75. The highest BCUT2D eigenvalue weighted by molar-refractivity contribution is 6.26. The van der Waals surface area contributed by atoms with E-state index in [0.717, 1.165) is 0 Å². The van der Waals surface area contributed by atoms with Crippen LogP contribution < -0.4 is 11.5 Å². The zero-order valence-electron chi connectivity index (χ0n) is 12.7. The summed E-state index contributed by atoms with van der Waals surface area (Å²) in [5, 5.41) is 11.0. The van der Waals surface area contributed by atoms with Crippen molar-refractivity contribution in [2.24, 2.45) is 17.4 Å². The molecular formula is C17H19N3O3. The van der Waals surface area contributed by atoms with Crippen molar-refractivity contribution in [2.45, 2.75) is 6.42 Å². The Kier molecular flexibility index (Phi) is 4.02. The SMILES string of the molecule is NCC(CN)CCN1C(=O)c2cccc3c(O)ccc(c23)C1=O. The fourth-order valence-electron chi connectivity index (χ4n) is 2.98. The summed E-state index contributed by atoms with van der Waals surface area (Å²) in [5.74, 6) is -0.545. The van der Waals surface area contributed by atoms with E-state index < -0.39 is 0 Å². The minimum absolute atomic E-state index is 0.0611. The maximum Gasteiger partial charge on any atom is 0.261 e. The molecule has 0 aliphatic carbocycles. The van der Waals surface area contributed by atoms with Crippen molar-refractivity contribution in [2.75, 3.05) is 19.6 Å². The number of hydrogen-bond donors (Lipinski definition) is 3. The molecule has 0 atom stereocenters. The Hall–Kier alpha value is -2.44. The third-order valence-electron chi connectivity index (χ3n) is 4.40. The first-order chi connectivity index (χ1) is 11.1. The predicted molar refractivity (Wildman–Crippen MR) is 87.2 cm³/mol. The molecule has 0 saturated carbocycles. The molecule has 6 heteroatoms. The zero-order chi connectivity index (χ0) is 16.6. The molecule has 0 fully saturated rings. The van der Waals surface area contributed by atoms with Gasteiger partial charge in [0.15, 0.2) is 0 Å². The van der Waals surface area contributed by atoms with Crippen LogP contribution in [0.5, 0.6) is 5.75 Å². The van der Waals surface area contributed by atoms with E-state index in [1.807, 2.05) is 0 Å². The van der Waals surface area contributed by atoms with Gasteiger partial charge < -0.3 is 16.6 Å². The lowest BCUT2D eigenvalue weighted by Gasteiger charge is -2.28. The van der Waals surface area contributed by atoms with Crippen molar-refractivity contribution in [3.05, 3.63) is 41.5 Å². The lowest BCUT2D eigenvalue weighted by atomic mass is 9.93. The molecule has 2 aromatic rings. The van der Waals surface area contributed by atoms with Gasteiger partial charge in [0, 0.05) is 28.4 Å². The minimum atomic E-state index is -0.341. The summed E-state index contributed by atoms with van der Waals surface area (Å²) in [5.41, 5.74) is 12.1. The number of nitrogens with two attached hydrogens (primary N) is 2. The van der Waals surface area contributed by atoms with E-state index >= 15 is 0 Å². The monoisotopic (exact) mass is 313 g/mol. The fourth-order valence-corrected chi connectivity index (χ4v) is 2.98. The second kappa shape index (κ2) is 5.98. The molecule has 2 aromatic carbocycles. The van der Waals surface area contributed by atoms with Gasteiger partial charge in [-0.25, -0.2) is 0 Å². The molecular weight excluding hydrogens is 294 g/mol. The molecule has 0 unspecified atom stereocenters. The van der Waals surface area contributed by atoms with Crippen molar-refractivity contribution in [3.63, 3.8) is 0 Å². The van der Waals surface area contributed by atoms with Gasteiger partial charge >= 0.3 is 0 Å². The first kappa shape index (κ1) is 15.5. The van der Waals surface area contributed by atoms with E-state index in [4.69, 9.17) is 11.5 Å². The van der Waals surface area contributed by atoms with Gasteiger partial charge in [-0.3, -0.25) is 14.5 Å². The normalized spacial score (nSPS) is 14.1. The van der Waals surface area contributed by atoms with Crippen LogP contribution in [0.25, 0.3) is 10.8 Å². The quantitative estimate of drug-likeness (QED) is 0.715. The lowest BCUT2D eigenvalue weighted by molar-refractivity contribution is 0.0602. The number of benzene rings is 2. The summed E-state index contributed by atoms with van der Waals surface area (Å²) in [7, 11) is 0. The Morgan fingerprint density at radius 1 is 1.00 bits per heavy atom. The highest BCUT2D eigenvalue weighted by Crippen LogP contribution is 2.34. The molecule has 1 heterocycles. The number of phenolic OH excluding ortho intramolecular Hbond substituents is 1. The number of imide groups is 1. The third kappa shape index (κ3) is 2.46. The maximum absolute atomic E-state index is 12.7. The summed E-state index contributed by atoms with van der Waals surface area (Å²) < 4.78 is 0. The number of rotatable bonds is 5. The molecule has 120 valence electrons. The summed E-state index contributed by atoms with van der Waals surface area (Å²) >= 11 is 0. The average molecular weight is 313 g/mol. The summed E-state index contributed by atoms with van der Waals surface area (Å²) in [4.78, 5) is 26.6. The van der Waals surface area contributed by atoms with E-state index in [0.29, 0.717) is 41.4 Å². The largest absolute Gasteiger partial charge is 0.507 e. The molecule has 6 nitrogen and oxygen atoms in total. The Morgan fingerprint density at radius 2 is 1.65 bits per heavy atom. The molecule has 0 saturated heterocycles. The minimum Gasteiger partial charge on any atom is -0.507 e. The van der Waals surface area contributed by atoms with E-state index in [-0.39, 0.29) is 30.0 Å². The van der Waals surface area contributed by atoms with E-state index in [1.165, 1.54) is 11.0 Å². The van der Waals surface area contributed by atoms with Crippen LogP contribution in [0.1, 0.15) is 27.1 Å². The van der Waals surface area contributed by atoms with Gasteiger partial charge in [0.05, 0.1) is 0 Å². The van der Waals surface area contributed by atoms with Crippen molar-refractivity contribution < 1.29 is 14.7 Å². The molecule has 5 N–H and O–H groups in total. The number of carbonyl (C=O) groups excluding carboxylic acids is 2. The van der Waals surface area contributed by atoms with Crippen LogP contribution in [0, 0.1) is 5.92 Å². The van der Waals surface area contributed by atoms with E-state index in [1.54, 1.807) is 24.3 Å². The summed E-state index contributed by atoms with van der Waals surface area (Å²) in [6, 6.07) is 8.13. The highest BCUT2D eigenvalue weighted by Gasteiger charge is 2.33. The Balaban J connectivity index is 2.01. The van der Waals surface area contributed by atoms with Gasteiger partial charge in [-0.1, -0.05) is 12.1 Å². The standard InChI is InChI=1S/C17H19N3O3/c18-8-10(9-19)6-7-20-16(22)12-3-1-2-11-14(21)5-4-13(15(11)12)17(20)23/h1-5,10,21H,6-9,18-19H2. The second-order valence-corrected chi connectivity index (χ2v) is 5.75. The highest BCUT2D eigenvalue weighted by atomic mass is 16.3. The molecule has 1 aliphatic rings. The first-order valence-electron chi connectivity index (χ1n) is 7.59. The average Bonchev–Trinajstić information content (AvgIpc) is 2.57. The first-order valence-corrected chi connectivity index (χ1v) is 7.59. The van der Waals surface area contributed by atoms with Crippen LogP contribution in [-0.4, -0.2) is 41.5 Å². The van der Waals surface area contributed by atoms with E-state index in [9.17, 15) is 14.7 Å². The number of carbonyl (C=O) groups is 2. The number of aromatic hydroxyl groups is 1. The fraction of sp³-hybridized carbons (Fsp3) is 0.294. The molecule has 0 radical (unpaired) electrons. The van der Waals surface area contributed by atoms with Crippen LogP contribution in [0.3, 0.4) is 0 Å². The maximum atomic E-state index is 12.7. The van der Waals surface area contributed by atoms with Gasteiger partial charge in [-0.05, 0) is 43.6 Å². The Morgan fingerprint density at radius 3 is 2.30 bits per heavy atom. The van der Waals surface area contributed by atoms with Crippen molar-refractivity contribution in [1.29, 1.82) is 0 Å². The molecule has 23 heavy (non-hydrogen) atoms. The number of hydrogen-bond acceptors (Lipinski definition) is 5. The topological polar surface area (TPSA) is 110 Å². The summed E-state index contributed by atoms with van der Waals surface area (Å²) in [6.45, 7) is 1.13. The molecule has 0 bridgehead atoms. The molecule has 3 rings (SSSR count). The van der Waals surface area contributed by atoms with Crippen LogP contribution >= 0.6 is 0 Å². The predicted octanol–water partition coefficient (Wildman–Crippen LogP) is 1.07. The number of amides is 2. The molecule has 0 spiro atoms. The van der Waals surface area contributed by atoms with Crippen molar-refractivity contribution in [3.8, 4) is 5.75 Å². The van der Waals surface area contributed by atoms with Crippen LogP contribution in [-0.2, 0) is 0 Å².